The Morgan fingerprint density at radius 3 is 2.83 bits per heavy atom. The third-order valence-corrected chi connectivity index (χ3v) is 7.99. The van der Waals surface area contributed by atoms with Gasteiger partial charge in [-0.3, -0.25) is 9.69 Å². The molecule has 2 saturated carbocycles. The third-order valence-electron chi connectivity index (χ3n) is 7.99. The SMILES string of the molecule is Cc1ccc2c(c1)[C@]13CCN(CC4CC4)[C@H](C2)[C@]1(O)C[C@H](OCC(C)C)C(=O)C3. The van der Waals surface area contributed by atoms with E-state index in [1.54, 1.807) is 0 Å². The van der Waals surface area contributed by atoms with Crippen LogP contribution >= 0.6 is 0 Å². The summed E-state index contributed by atoms with van der Waals surface area (Å²) in [6, 6.07) is 6.76. The fourth-order valence-corrected chi connectivity index (χ4v) is 6.30. The summed E-state index contributed by atoms with van der Waals surface area (Å²) in [4.78, 5) is 15.8. The maximum Gasteiger partial charge on any atom is 0.162 e. The molecule has 1 aliphatic heterocycles. The molecule has 4 aliphatic rings. The predicted molar refractivity (Wildman–Crippen MR) is 113 cm³/mol. The van der Waals surface area contributed by atoms with Crippen LogP contribution in [0, 0.1) is 18.8 Å². The van der Waals surface area contributed by atoms with E-state index in [4.69, 9.17) is 4.74 Å². The summed E-state index contributed by atoms with van der Waals surface area (Å²) in [5.74, 6) is 1.36. The number of likely N-dealkylation sites (tertiary alicyclic amines) is 1. The van der Waals surface area contributed by atoms with Crippen molar-refractivity contribution in [2.45, 2.75) is 82.5 Å². The molecular formula is C25H35NO3. The van der Waals surface area contributed by atoms with E-state index in [9.17, 15) is 9.90 Å². The van der Waals surface area contributed by atoms with Crippen LogP contribution in [0.2, 0.25) is 0 Å². The number of aliphatic hydroxyl groups is 1. The first-order valence-corrected chi connectivity index (χ1v) is 11.5. The second kappa shape index (κ2) is 6.90. The highest BCUT2D eigenvalue weighted by Crippen LogP contribution is 2.58. The Bertz CT molecular complexity index is 816. The normalized spacial score (nSPS) is 36.8. The van der Waals surface area contributed by atoms with Gasteiger partial charge in [-0.25, -0.2) is 0 Å². The molecule has 158 valence electrons. The van der Waals surface area contributed by atoms with Crippen LogP contribution in [0.3, 0.4) is 0 Å². The quantitative estimate of drug-likeness (QED) is 0.827. The molecule has 0 unspecified atom stereocenters. The average Bonchev–Trinajstić information content (AvgIpc) is 3.47. The molecule has 29 heavy (non-hydrogen) atoms. The van der Waals surface area contributed by atoms with Gasteiger partial charge >= 0.3 is 0 Å². The minimum atomic E-state index is -0.892. The Kier molecular flexibility index (Phi) is 4.69. The molecule has 0 aromatic heterocycles. The standard InChI is InChI=1S/C25H35NO3/c1-16(2)15-29-22-13-25(28)23-11-19-7-4-17(3)10-20(19)24(25,12-21(22)27)8-9-26(23)14-18-5-6-18/h4,7,10,16,18,22-23,28H,5-6,8-9,11-15H2,1-3H3/t22-,23+,24+,25+/m0/s1. The highest BCUT2D eigenvalue weighted by atomic mass is 16.5. The lowest BCUT2D eigenvalue weighted by atomic mass is 9.49. The molecule has 0 amide bonds. The zero-order valence-electron chi connectivity index (χ0n) is 18.1. The fraction of sp³-hybridized carbons (Fsp3) is 0.720. The van der Waals surface area contributed by atoms with Crippen molar-refractivity contribution in [2.24, 2.45) is 11.8 Å². The Labute approximate surface area is 174 Å². The number of carbonyl (C=O) groups excluding carboxylic acids is 1. The van der Waals surface area contributed by atoms with E-state index in [-0.39, 0.29) is 11.8 Å². The van der Waals surface area contributed by atoms with Crippen molar-refractivity contribution in [3.05, 3.63) is 34.9 Å². The summed E-state index contributed by atoms with van der Waals surface area (Å²) in [7, 11) is 0. The Hall–Kier alpha value is -1.23. The Morgan fingerprint density at radius 1 is 1.31 bits per heavy atom. The minimum absolute atomic E-state index is 0.0882. The average molecular weight is 398 g/mol. The van der Waals surface area contributed by atoms with E-state index in [1.165, 1.54) is 29.5 Å². The number of Topliss-reactive ketones (excluding diaryl/α,β-unsaturated/α-hetero) is 1. The Balaban J connectivity index is 1.56. The molecule has 5 rings (SSSR count). The van der Waals surface area contributed by atoms with Gasteiger partial charge in [0.05, 0.1) is 5.60 Å². The molecule has 0 radical (unpaired) electrons. The molecule has 4 heteroatoms. The van der Waals surface area contributed by atoms with E-state index in [1.807, 2.05) is 0 Å². The van der Waals surface area contributed by atoms with Crippen molar-refractivity contribution in [1.29, 1.82) is 0 Å². The maximum atomic E-state index is 13.2. The number of ketones is 1. The lowest BCUT2D eigenvalue weighted by Crippen LogP contribution is -2.75. The molecule has 1 heterocycles. The van der Waals surface area contributed by atoms with Crippen LogP contribution in [0.15, 0.2) is 18.2 Å². The van der Waals surface area contributed by atoms with Gasteiger partial charge in [-0.05, 0) is 62.1 Å². The number of benzene rings is 1. The first-order valence-electron chi connectivity index (χ1n) is 11.5. The van der Waals surface area contributed by atoms with E-state index < -0.39 is 17.1 Å². The van der Waals surface area contributed by atoms with E-state index in [0.717, 1.165) is 31.8 Å². The van der Waals surface area contributed by atoms with Crippen molar-refractivity contribution in [2.75, 3.05) is 19.7 Å². The van der Waals surface area contributed by atoms with Gasteiger partial charge in [0.25, 0.3) is 0 Å². The molecule has 1 aromatic rings. The number of piperidine rings is 1. The van der Waals surface area contributed by atoms with Gasteiger partial charge in [0, 0.05) is 37.5 Å². The number of ether oxygens (including phenoxy) is 1. The van der Waals surface area contributed by atoms with Crippen LogP contribution in [0.4, 0.5) is 0 Å². The monoisotopic (exact) mass is 397 g/mol. The highest BCUT2D eigenvalue weighted by Gasteiger charge is 2.66. The summed E-state index contributed by atoms with van der Waals surface area (Å²) in [5, 5.41) is 12.4. The van der Waals surface area contributed by atoms with Gasteiger partial charge in [-0.1, -0.05) is 37.6 Å². The molecule has 4 nitrogen and oxygen atoms in total. The zero-order valence-corrected chi connectivity index (χ0v) is 18.1. The Morgan fingerprint density at radius 2 is 2.10 bits per heavy atom. The van der Waals surface area contributed by atoms with Gasteiger partial charge in [-0.2, -0.15) is 0 Å². The molecule has 1 saturated heterocycles. The number of hydrogen-bond donors (Lipinski definition) is 1. The van der Waals surface area contributed by atoms with Crippen LogP contribution in [0.5, 0.6) is 0 Å². The van der Waals surface area contributed by atoms with Crippen molar-refractivity contribution in [1.82, 2.24) is 4.90 Å². The number of nitrogens with zero attached hydrogens (tertiary/aromatic N) is 1. The van der Waals surface area contributed by atoms with Crippen molar-refractivity contribution in [3.8, 4) is 0 Å². The largest absolute Gasteiger partial charge is 0.387 e. The van der Waals surface area contributed by atoms with E-state index in [0.29, 0.717) is 25.4 Å². The summed E-state index contributed by atoms with van der Waals surface area (Å²) in [5.41, 5.74) is 2.44. The van der Waals surface area contributed by atoms with Gasteiger partial charge in [-0.15, -0.1) is 0 Å². The minimum Gasteiger partial charge on any atom is -0.387 e. The van der Waals surface area contributed by atoms with Gasteiger partial charge in [0.15, 0.2) is 5.78 Å². The van der Waals surface area contributed by atoms with Crippen LogP contribution < -0.4 is 0 Å². The second-order valence-electron chi connectivity index (χ2n) is 10.6. The van der Waals surface area contributed by atoms with Crippen molar-refractivity contribution >= 4 is 5.78 Å². The number of carbonyl (C=O) groups is 1. The highest BCUT2D eigenvalue weighted by molar-refractivity contribution is 5.87. The molecule has 3 fully saturated rings. The van der Waals surface area contributed by atoms with Crippen LogP contribution in [0.1, 0.15) is 62.6 Å². The molecule has 2 bridgehead atoms. The van der Waals surface area contributed by atoms with Crippen molar-refractivity contribution in [3.63, 3.8) is 0 Å². The van der Waals surface area contributed by atoms with Crippen LogP contribution in [-0.4, -0.2) is 53.2 Å². The first-order chi connectivity index (χ1) is 13.8. The van der Waals surface area contributed by atoms with Gasteiger partial charge in [0.2, 0.25) is 0 Å². The molecule has 0 spiro atoms. The smallest absolute Gasteiger partial charge is 0.162 e. The third kappa shape index (κ3) is 3.10. The van der Waals surface area contributed by atoms with Gasteiger partial charge < -0.3 is 9.84 Å². The number of fused-ring (bicyclic) bond motifs is 1. The fourth-order valence-electron chi connectivity index (χ4n) is 6.30. The van der Waals surface area contributed by atoms with Crippen molar-refractivity contribution < 1.29 is 14.6 Å². The zero-order chi connectivity index (χ0) is 20.4. The van der Waals surface area contributed by atoms with Crippen LogP contribution in [-0.2, 0) is 21.4 Å². The van der Waals surface area contributed by atoms with Crippen LogP contribution in [0.25, 0.3) is 0 Å². The maximum absolute atomic E-state index is 13.2. The molecule has 1 aromatic carbocycles. The number of hydrogen-bond acceptors (Lipinski definition) is 4. The topological polar surface area (TPSA) is 49.8 Å². The summed E-state index contributed by atoms with van der Waals surface area (Å²) in [6.45, 7) is 8.98. The lowest BCUT2D eigenvalue weighted by molar-refractivity contribution is -0.195. The van der Waals surface area contributed by atoms with E-state index >= 15 is 0 Å². The molecule has 3 aliphatic carbocycles. The second-order valence-corrected chi connectivity index (χ2v) is 10.6. The van der Waals surface area contributed by atoms with Gasteiger partial charge in [0.1, 0.15) is 6.10 Å². The number of rotatable bonds is 5. The summed E-state index contributed by atoms with van der Waals surface area (Å²) >= 11 is 0. The molecular weight excluding hydrogens is 362 g/mol. The lowest BCUT2D eigenvalue weighted by Gasteiger charge is -2.64. The van der Waals surface area contributed by atoms with E-state index in [2.05, 4.69) is 43.9 Å². The molecule has 1 N–H and O–H groups in total. The summed E-state index contributed by atoms with van der Waals surface area (Å²) in [6.07, 6.45) is 4.78. The first kappa shape index (κ1) is 19.7. The summed E-state index contributed by atoms with van der Waals surface area (Å²) < 4.78 is 6.05. The number of aryl methyl sites for hydroxylation is 1. The predicted octanol–water partition coefficient (Wildman–Crippen LogP) is 3.41. The molecule has 4 atom stereocenters.